The number of hydrogen-bond donors (Lipinski definition) is 1. The zero-order valence-corrected chi connectivity index (χ0v) is 13.3. The molecule has 2 aliphatic rings. The number of rotatable bonds is 2. The smallest absolute Gasteiger partial charge is 0.312 e. The fourth-order valence-electron chi connectivity index (χ4n) is 3.20. The lowest BCUT2D eigenvalue weighted by Gasteiger charge is -2.34. The summed E-state index contributed by atoms with van der Waals surface area (Å²) < 4.78 is 0. The fourth-order valence-corrected chi connectivity index (χ4v) is 3.20. The highest BCUT2D eigenvalue weighted by Crippen LogP contribution is 2.17. The van der Waals surface area contributed by atoms with Crippen LogP contribution in [0.25, 0.3) is 0 Å². The molecule has 0 unspecified atom stereocenters. The number of carbonyl (C=O) groups excluding carboxylic acids is 2. The number of nitrogens with zero attached hydrogens (tertiary/aromatic N) is 4. The predicted molar refractivity (Wildman–Crippen MR) is 85.8 cm³/mol. The highest BCUT2D eigenvalue weighted by atomic mass is 16.2. The van der Waals surface area contributed by atoms with Crippen molar-refractivity contribution in [3.8, 4) is 0 Å². The van der Waals surface area contributed by atoms with Gasteiger partial charge < -0.3 is 15.1 Å². The first-order valence-corrected chi connectivity index (χ1v) is 8.36. The van der Waals surface area contributed by atoms with Gasteiger partial charge in [-0.15, -0.1) is 0 Å². The van der Waals surface area contributed by atoms with Crippen LogP contribution in [-0.2, 0) is 9.59 Å². The Balaban J connectivity index is 1.48. The van der Waals surface area contributed by atoms with Gasteiger partial charge in [-0.05, 0) is 18.9 Å². The molecule has 1 saturated carbocycles. The summed E-state index contributed by atoms with van der Waals surface area (Å²) in [5.74, 6) is -0.197. The summed E-state index contributed by atoms with van der Waals surface area (Å²) in [6, 6.07) is 1.94. The van der Waals surface area contributed by atoms with Crippen LogP contribution in [0.1, 0.15) is 32.1 Å². The number of hydrogen-bond acceptors (Lipinski definition) is 5. The van der Waals surface area contributed by atoms with Crippen LogP contribution in [0.15, 0.2) is 18.5 Å². The molecule has 124 valence electrons. The van der Waals surface area contributed by atoms with Crippen LogP contribution in [0.3, 0.4) is 0 Å². The summed E-state index contributed by atoms with van der Waals surface area (Å²) in [7, 11) is 0. The molecule has 7 heteroatoms. The second-order valence-corrected chi connectivity index (χ2v) is 6.14. The minimum atomic E-state index is -0.457. The van der Waals surface area contributed by atoms with Crippen molar-refractivity contribution in [3.05, 3.63) is 18.5 Å². The van der Waals surface area contributed by atoms with Crippen LogP contribution in [-0.4, -0.2) is 58.9 Å². The molecule has 2 fully saturated rings. The highest BCUT2D eigenvalue weighted by Gasteiger charge is 2.28. The summed E-state index contributed by atoms with van der Waals surface area (Å²) >= 11 is 0. The Bertz CT molecular complexity index is 537. The SMILES string of the molecule is O=C(NC1CCCCC1)C(=O)N1CCN(c2ncccn2)CC1. The van der Waals surface area contributed by atoms with Crippen molar-refractivity contribution in [2.75, 3.05) is 31.1 Å². The van der Waals surface area contributed by atoms with E-state index in [1.54, 1.807) is 23.4 Å². The zero-order chi connectivity index (χ0) is 16.1. The van der Waals surface area contributed by atoms with Crippen LogP contribution in [0.5, 0.6) is 0 Å². The molecular formula is C16H23N5O2. The van der Waals surface area contributed by atoms with Crippen LogP contribution < -0.4 is 10.2 Å². The number of nitrogens with one attached hydrogen (secondary N) is 1. The van der Waals surface area contributed by atoms with Crippen molar-refractivity contribution in [2.45, 2.75) is 38.1 Å². The normalized spacial score (nSPS) is 19.5. The summed E-state index contributed by atoms with van der Waals surface area (Å²) in [5.41, 5.74) is 0. The second kappa shape index (κ2) is 7.39. The van der Waals surface area contributed by atoms with Crippen molar-refractivity contribution in [1.29, 1.82) is 0 Å². The summed E-state index contributed by atoms with van der Waals surface area (Å²) in [5, 5.41) is 2.89. The molecule has 0 atom stereocenters. The molecule has 2 heterocycles. The number of piperazine rings is 1. The number of carbonyl (C=O) groups is 2. The molecule has 1 N–H and O–H groups in total. The van der Waals surface area contributed by atoms with E-state index in [-0.39, 0.29) is 6.04 Å². The predicted octanol–water partition coefficient (Wildman–Crippen LogP) is 0.574. The number of anilines is 1. The van der Waals surface area contributed by atoms with Gasteiger partial charge in [0.15, 0.2) is 0 Å². The average Bonchev–Trinajstić information content (AvgIpc) is 2.63. The molecule has 7 nitrogen and oxygen atoms in total. The van der Waals surface area contributed by atoms with E-state index in [1.165, 1.54) is 6.42 Å². The van der Waals surface area contributed by atoms with Crippen LogP contribution in [0.4, 0.5) is 5.95 Å². The van der Waals surface area contributed by atoms with E-state index in [0.29, 0.717) is 32.1 Å². The van der Waals surface area contributed by atoms with Crippen molar-refractivity contribution in [1.82, 2.24) is 20.2 Å². The van der Waals surface area contributed by atoms with E-state index >= 15 is 0 Å². The van der Waals surface area contributed by atoms with Gasteiger partial charge in [0.2, 0.25) is 5.95 Å². The van der Waals surface area contributed by atoms with E-state index in [4.69, 9.17) is 0 Å². The Labute approximate surface area is 136 Å². The number of amides is 2. The third kappa shape index (κ3) is 3.97. The lowest BCUT2D eigenvalue weighted by molar-refractivity contribution is -0.146. The van der Waals surface area contributed by atoms with Crippen LogP contribution in [0, 0.1) is 0 Å². The molecule has 23 heavy (non-hydrogen) atoms. The Morgan fingerprint density at radius 1 is 1.00 bits per heavy atom. The Kier molecular flexibility index (Phi) is 5.05. The summed E-state index contributed by atoms with van der Waals surface area (Å²) in [6.07, 6.45) is 8.87. The average molecular weight is 317 g/mol. The van der Waals surface area contributed by atoms with Gasteiger partial charge in [-0.25, -0.2) is 9.97 Å². The Morgan fingerprint density at radius 3 is 2.30 bits per heavy atom. The maximum Gasteiger partial charge on any atom is 0.312 e. The largest absolute Gasteiger partial charge is 0.345 e. The highest BCUT2D eigenvalue weighted by molar-refractivity contribution is 6.35. The van der Waals surface area contributed by atoms with Gasteiger partial charge >= 0.3 is 11.8 Å². The van der Waals surface area contributed by atoms with Gasteiger partial charge in [0.25, 0.3) is 0 Å². The van der Waals surface area contributed by atoms with Crippen molar-refractivity contribution in [3.63, 3.8) is 0 Å². The molecule has 1 saturated heterocycles. The third-order valence-corrected chi connectivity index (χ3v) is 4.54. The molecule has 0 aromatic carbocycles. The molecule has 3 rings (SSSR count). The zero-order valence-electron chi connectivity index (χ0n) is 13.3. The van der Waals surface area contributed by atoms with Gasteiger partial charge in [0, 0.05) is 44.6 Å². The molecule has 2 amide bonds. The molecule has 1 aromatic rings. The van der Waals surface area contributed by atoms with Gasteiger partial charge in [-0.1, -0.05) is 19.3 Å². The lowest BCUT2D eigenvalue weighted by atomic mass is 9.95. The Hall–Kier alpha value is -2.18. The molecular weight excluding hydrogens is 294 g/mol. The summed E-state index contributed by atoms with van der Waals surface area (Å²) in [4.78, 5) is 36.5. The molecule has 0 radical (unpaired) electrons. The molecule has 1 aliphatic carbocycles. The van der Waals surface area contributed by atoms with Crippen molar-refractivity contribution >= 4 is 17.8 Å². The maximum absolute atomic E-state index is 12.3. The minimum absolute atomic E-state index is 0.166. The molecule has 1 aliphatic heterocycles. The van der Waals surface area contributed by atoms with Gasteiger partial charge in [0.1, 0.15) is 0 Å². The quantitative estimate of drug-likeness (QED) is 0.807. The monoisotopic (exact) mass is 317 g/mol. The summed E-state index contributed by atoms with van der Waals surface area (Å²) in [6.45, 7) is 2.34. The van der Waals surface area contributed by atoms with Gasteiger partial charge in [-0.2, -0.15) is 0 Å². The van der Waals surface area contributed by atoms with Gasteiger partial charge in [-0.3, -0.25) is 9.59 Å². The fraction of sp³-hybridized carbons (Fsp3) is 0.625. The van der Waals surface area contributed by atoms with Crippen molar-refractivity contribution < 1.29 is 9.59 Å². The van der Waals surface area contributed by atoms with E-state index in [1.807, 2.05) is 4.90 Å². The molecule has 0 spiro atoms. The molecule has 1 aromatic heterocycles. The van der Waals surface area contributed by atoms with Gasteiger partial charge in [0.05, 0.1) is 0 Å². The first-order valence-electron chi connectivity index (χ1n) is 8.36. The van der Waals surface area contributed by atoms with E-state index in [2.05, 4.69) is 15.3 Å². The first-order chi connectivity index (χ1) is 11.2. The van der Waals surface area contributed by atoms with Crippen molar-refractivity contribution in [2.24, 2.45) is 0 Å². The van der Waals surface area contributed by atoms with Crippen LogP contribution >= 0.6 is 0 Å². The molecule has 0 bridgehead atoms. The maximum atomic E-state index is 12.3. The topological polar surface area (TPSA) is 78.4 Å². The van der Waals surface area contributed by atoms with E-state index in [0.717, 1.165) is 25.7 Å². The van der Waals surface area contributed by atoms with Crippen LogP contribution in [0.2, 0.25) is 0 Å². The standard InChI is InChI=1S/C16H23N5O2/c22-14(19-13-5-2-1-3-6-13)15(23)20-9-11-21(12-10-20)16-17-7-4-8-18-16/h4,7-8,13H,1-3,5-6,9-12H2,(H,19,22). The second-order valence-electron chi connectivity index (χ2n) is 6.14. The third-order valence-electron chi connectivity index (χ3n) is 4.54. The Morgan fingerprint density at radius 2 is 1.65 bits per heavy atom. The minimum Gasteiger partial charge on any atom is -0.345 e. The van der Waals surface area contributed by atoms with E-state index in [9.17, 15) is 9.59 Å². The first kappa shape index (κ1) is 15.7. The number of aromatic nitrogens is 2. The van der Waals surface area contributed by atoms with E-state index < -0.39 is 11.8 Å². The lowest BCUT2D eigenvalue weighted by Crippen LogP contribution is -2.54.